The van der Waals surface area contributed by atoms with Gasteiger partial charge in [0.2, 0.25) is 0 Å². The molecule has 0 bridgehead atoms. The molecule has 1 atom stereocenters. The summed E-state index contributed by atoms with van der Waals surface area (Å²) >= 11 is 1.80. The van der Waals surface area contributed by atoms with E-state index in [4.69, 9.17) is 9.47 Å². The monoisotopic (exact) mass is 269 g/mol. The van der Waals surface area contributed by atoms with Gasteiger partial charge in [0.25, 0.3) is 0 Å². The zero-order valence-electron chi connectivity index (χ0n) is 11.5. The quantitative estimate of drug-likeness (QED) is 0.891. The molecule has 2 rings (SSSR count). The first-order valence-corrected chi connectivity index (χ1v) is 7.54. The van der Waals surface area contributed by atoms with Gasteiger partial charge >= 0.3 is 0 Å². The first kappa shape index (κ1) is 14.0. The van der Waals surface area contributed by atoms with Crippen LogP contribution in [-0.4, -0.2) is 32.5 Å². The van der Waals surface area contributed by atoms with Crippen molar-refractivity contribution in [1.29, 1.82) is 0 Å². The molecule has 2 heterocycles. The van der Waals surface area contributed by atoms with E-state index in [1.807, 2.05) is 7.05 Å². The molecular formula is C14H23NO2S. The van der Waals surface area contributed by atoms with Gasteiger partial charge in [0, 0.05) is 37.5 Å². The normalized spacial score (nSPS) is 20.8. The van der Waals surface area contributed by atoms with Crippen molar-refractivity contribution in [2.75, 3.05) is 26.9 Å². The van der Waals surface area contributed by atoms with Crippen LogP contribution in [0.25, 0.3) is 0 Å². The third kappa shape index (κ3) is 2.77. The van der Waals surface area contributed by atoms with E-state index >= 15 is 0 Å². The van der Waals surface area contributed by atoms with E-state index in [-0.39, 0.29) is 11.6 Å². The smallest absolute Gasteiger partial charge is 0.0920 e. The van der Waals surface area contributed by atoms with Gasteiger partial charge in [-0.15, -0.1) is 11.3 Å². The summed E-state index contributed by atoms with van der Waals surface area (Å²) in [5.74, 6) is 0. The van der Waals surface area contributed by atoms with Crippen molar-refractivity contribution in [2.45, 2.75) is 38.3 Å². The van der Waals surface area contributed by atoms with E-state index in [0.717, 1.165) is 32.7 Å². The predicted octanol–water partition coefficient (Wildman–Crippen LogP) is 2.90. The van der Waals surface area contributed by atoms with Gasteiger partial charge in [-0.1, -0.05) is 0 Å². The summed E-state index contributed by atoms with van der Waals surface area (Å²) in [5.41, 5.74) is 1.23. The van der Waals surface area contributed by atoms with E-state index in [9.17, 15) is 0 Å². The Morgan fingerprint density at radius 1 is 1.50 bits per heavy atom. The highest BCUT2D eigenvalue weighted by Crippen LogP contribution is 2.38. The molecule has 1 aromatic rings. The zero-order valence-corrected chi connectivity index (χ0v) is 12.3. The molecule has 0 amide bonds. The molecule has 4 heteroatoms. The van der Waals surface area contributed by atoms with Crippen LogP contribution in [0.1, 0.15) is 36.2 Å². The maximum atomic E-state index is 6.15. The van der Waals surface area contributed by atoms with Crippen LogP contribution in [0.4, 0.5) is 0 Å². The fourth-order valence-electron chi connectivity index (χ4n) is 2.87. The van der Waals surface area contributed by atoms with E-state index in [1.165, 1.54) is 10.4 Å². The lowest BCUT2D eigenvalue weighted by molar-refractivity contribution is -0.126. The van der Waals surface area contributed by atoms with Gasteiger partial charge in [0.1, 0.15) is 0 Å². The minimum atomic E-state index is -0.116. The lowest BCUT2D eigenvalue weighted by Gasteiger charge is -2.43. The van der Waals surface area contributed by atoms with Gasteiger partial charge in [0.05, 0.1) is 11.6 Å². The minimum Gasteiger partial charge on any atom is -0.381 e. The fraction of sp³-hybridized carbons (Fsp3) is 0.714. The van der Waals surface area contributed by atoms with Gasteiger partial charge in [0.15, 0.2) is 0 Å². The van der Waals surface area contributed by atoms with Gasteiger partial charge in [-0.3, -0.25) is 0 Å². The Bertz CT molecular complexity index is 366. The van der Waals surface area contributed by atoms with E-state index < -0.39 is 0 Å². The third-order valence-electron chi connectivity index (χ3n) is 3.67. The lowest BCUT2D eigenvalue weighted by Crippen LogP contribution is -2.49. The maximum Gasteiger partial charge on any atom is 0.0920 e. The van der Waals surface area contributed by atoms with Crippen molar-refractivity contribution >= 4 is 11.3 Å². The number of ether oxygens (including phenoxy) is 2. The van der Waals surface area contributed by atoms with Crippen molar-refractivity contribution in [2.24, 2.45) is 0 Å². The number of thiophene rings is 1. The number of nitrogens with one attached hydrogen (secondary N) is 1. The van der Waals surface area contributed by atoms with Crippen LogP contribution >= 0.6 is 11.3 Å². The van der Waals surface area contributed by atoms with E-state index in [1.54, 1.807) is 11.3 Å². The number of hydrogen-bond acceptors (Lipinski definition) is 4. The van der Waals surface area contributed by atoms with Crippen molar-refractivity contribution < 1.29 is 9.47 Å². The van der Waals surface area contributed by atoms with Crippen molar-refractivity contribution in [3.05, 3.63) is 21.9 Å². The summed E-state index contributed by atoms with van der Waals surface area (Å²) in [7, 11) is 2.02. The third-order valence-corrected chi connectivity index (χ3v) is 4.55. The molecule has 1 fully saturated rings. The molecule has 1 aliphatic rings. The molecule has 0 saturated carbocycles. The van der Waals surface area contributed by atoms with Crippen molar-refractivity contribution in [3.63, 3.8) is 0 Å². The second kappa shape index (κ2) is 6.15. The number of likely N-dealkylation sites (N-methyl/N-ethyl adjacent to an activating group) is 1. The molecular weight excluding hydrogens is 246 g/mol. The largest absolute Gasteiger partial charge is 0.381 e. The Balaban J connectivity index is 2.26. The molecule has 0 spiro atoms. The van der Waals surface area contributed by atoms with Crippen LogP contribution in [0.5, 0.6) is 0 Å². The molecule has 0 aliphatic carbocycles. The van der Waals surface area contributed by atoms with E-state index in [0.29, 0.717) is 0 Å². The molecule has 1 N–H and O–H groups in total. The summed E-state index contributed by atoms with van der Waals surface area (Å²) < 4.78 is 11.7. The standard InChI is InChI=1S/C14H23NO2S/c1-4-17-14(5-7-16-8-6-14)13(15-3)12-9-11(2)18-10-12/h9-10,13,15H,4-8H2,1-3H3. The maximum absolute atomic E-state index is 6.15. The summed E-state index contributed by atoms with van der Waals surface area (Å²) in [4.78, 5) is 1.35. The predicted molar refractivity (Wildman–Crippen MR) is 75.3 cm³/mol. The highest BCUT2D eigenvalue weighted by molar-refractivity contribution is 7.10. The lowest BCUT2D eigenvalue weighted by atomic mass is 9.83. The average Bonchev–Trinajstić information content (AvgIpc) is 2.78. The van der Waals surface area contributed by atoms with Crippen LogP contribution in [0.15, 0.2) is 11.4 Å². The highest BCUT2D eigenvalue weighted by atomic mass is 32.1. The Hall–Kier alpha value is -0.420. The van der Waals surface area contributed by atoms with Crippen LogP contribution in [0.2, 0.25) is 0 Å². The average molecular weight is 269 g/mol. The molecule has 1 saturated heterocycles. The summed E-state index contributed by atoms with van der Waals surface area (Å²) in [6.45, 7) is 6.56. The molecule has 3 nitrogen and oxygen atoms in total. The molecule has 0 aromatic carbocycles. The molecule has 102 valence electrons. The van der Waals surface area contributed by atoms with Crippen LogP contribution in [-0.2, 0) is 9.47 Å². The van der Waals surface area contributed by atoms with Crippen LogP contribution in [0, 0.1) is 6.92 Å². The molecule has 0 radical (unpaired) electrons. The first-order valence-electron chi connectivity index (χ1n) is 6.66. The SMILES string of the molecule is CCOC1(C(NC)c2csc(C)c2)CCOCC1. The fourth-order valence-corrected chi connectivity index (χ4v) is 3.60. The first-order chi connectivity index (χ1) is 8.72. The van der Waals surface area contributed by atoms with Gasteiger partial charge in [-0.25, -0.2) is 0 Å². The summed E-state index contributed by atoms with van der Waals surface area (Å²) in [6.07, 6.45) is 1.92. The van der Waals surface area contributed by atoms with Crippen molar-refractivity contribution in [3.8, 4) is 0 Å². The van der Waals surface area contributed by atoms with Crippen LogP contribution < -0.4 is 5.32 Å². The molecule has 1 aromatic heterocycles. The summed E-state index contributed by atoms with van der Waals surface area (Å²) in [5, 5.41) is 5.70. The number of aryl methyl sites for hydroxylation is 1. The zero-order chi connectivity index (χ0) is 13.0. The summed E-state index contributed by atoms with van der Waals surface area (Å²) in [6, 6.07) is 2.52. The Labute approximate surface area is 113 Å². The Kier molecular flexibility index (Phi) is 4.78. The molecule has 18 heavy (non-hydrogen) atoms. The topological polar surface area (TPSA) is 30.5 Å². The second-order valence-corrected chi connectivity index (χ2v) is 5.94. The number of rotatable bonds is 5. The van der Waals surface area contributed by atoms with Gasteiger partial charge in [-0.2, -0.15) is 0 Å². The number of hydrogen-bond donors (Lipinski definition) is 1. The second-order valence-electron chi connectivity index (χ2n) is 4.82. The molecule has 1 unspecified atom stereocenters. The molecule has 1 aliphatic heterocycles. The Morgan fingerprint density at radius 2 is 2.22 bits per heavy atom. The Morgan fingerprint density at radius 3 is 2.72 bits per heavy atom. The van der Waals surface area contributed by atoms with Crippen LogP contribution in [0.3, 0.4) is 0 Å². The van der Waals surface area contributed by atoms with Gasteiger partial charge < -0.3 is 14.8 Å². The minimum absolute atomic E-state index is 0.116. The van der Waals surface area contributed by atoms with Gasteiger partial charge in [-0.05, 0) is 37.9 Å². The van der Waals surface area contributed by atoms with E-state index in [2.05, 4.69) is 30.6 Å². The van der Waals surface area contributed by atoms with Crippen molar-refractivity contribution in [1.82, 2.24) is 5.32 Å². The highest BCUT2D eigenvalue weighted by Gasteiger charge is 2.41.